The Balaban J connectivity index is 1.81. The number of hydrogen-bond donors (Lipinski definition) is 2. The van der Waals surface area contributed by atoms with Crippen LogP contribution in [0.3, 0.4) is 0 Å². The van der Waals surface area contributed by atoms with E-state index in [1.165, 1.54) is 11.3 Å². The van der Waals surface area contributed by atoms with E-state index < -0.39 is 0 Å². The van der Waals surface area contributed by atoms with Crippen molar-refractivity contribution < 1.29 is 9.53 Å². The Labute approximate surface area is 91.6 Å². The van der Waals surface area contributed by atoms with Gasteiger partial charge in [0.05, 0.1) is 6.10 Å². The number of thiazole rings is 1. The van der Waals surface area contributed by atoms with E-state index in [2.05, 4.69) is 10.3 Å². The second-order valence-corrected chi connectivity index (χ2v) is 4.31. The fourth-order valence-electron chi connectivity index (χ4n) is 1.49. The fraction of sp³-hybridized carbons (Fsp3) is 0.556. The highest BCUT2D eigenvalue weighted by Crippen LogP contribution is 2.12. The van der Waals surface area contributed by atoms with Crippen LogP contribution in [0, 0.1) is 0 Å². The largest absolute Gasteiger partial charge is 0.376 e. The zero-order chi connectivity index (χ0) is 10.7. The van der Waals surface area contributed by atoms with Gasteiger partial charge in [-0.25, -0.2) is 4.98 Å². The van der Waals surface area contributed by atoms with Crippen molar-refractivity contribution in [2.24, 2.45) is 0 Å². The van der Waals surface area contributed by atoms with Gasteiger partial charge in [0.25, 0.3) is 5.91 Å². The lowest BCUT2D eigenvalue weighted by Crippen LogP contribution is -2.31. The molecular formula is C9H13N3O2S. The molecule has 1 aromatic heterocycles. The van der Waals surface area contributed by atoms with Crippen LogP contribution in [-0.2, 0) is 4.74 Å². The van der Waals surface area contributed by atoms with Crippen LogP contribution in [0.5, 0.6) is 0 Å². The number of carbonyl (C=O) groups is 1. The lowest BCUT2D eigenvalue weighted by Gasteiger charge is -2.09. The minimum atomic E-state index is -0.182. The Morgan fingerprint density at radius 2 is 2.67 bits per heavy atom. The Hall–Kier alpha value is -1.14. The first-order chi connectivity index (χ1) is 7.25. The third-order valence-electron chi connectivity index (χ3n) is 2.27. The van der Waals surface area contributed by atoms with E-state index in [0.29, 0.717) is 17.4 Å². The molecule has 1 atom stereocenters. The standard InChI is InChI=1S/C9H13N3O2S/c10-9-12-7(5-15-9)8(13)11-4-6-2-1-3-14-6/h5-6H,1-4H2,(H2,10,12)(H,11,13). The number of aromatic nitrogens is 1. The van der Waals surface area contributed by atoms with Crippen LogP contribution in [0.1, 0.15) is 23.3 Å². The highest BCUT2D eigenvalue weighted by atomic mass is 32.1. The Morgan fingerprint density at radius 1 is 1.80 bits per heavy atom. The molecule has 1 saturated heterocycles. The van der Waals surface area contributed by atoms with Gasteiger partial charge >= 0.3 is 0 Å². The van der Waals surface area contributed by atoms with Gasteiger partial charge in [-0.2, -0.15) is 0 Å². The van der Waals surface area contributed by atoms with Crippen LogP contribution in [0.25, 0.3) is 0 Å². The summed E-state index contributed by atoms with van der Waals surface area (Å²) < 4.78 is 5.39. The summed E-state index contributed by atoms with van der Waals surface area (Å²) >= 11 is 1.27. The second-order valence-electron chi connectivity index (χ2n) is 3.42. The molecule has 1 aromatic rings. The van der Waals surface area contributed by atoms with Crippen molar-refractivity contribution in [1.82, 2.24) is 10.3 Å². The van der Waals surface area contributed by atoms with Crippen molar-refractivity contribution >= 4 is 22.4 Å². The third-order valence-corrected chi connectivity index (χ3v) is 2.94. The molecular weight excluding hydrogens is 214 g/mol. The number of nitrogens with zero attached hydrogens (tertiary/aromatic N) is 1. The number of anilines is 1. The van der Waals surface area contributed by atoms with Crippen LogP contribution in [-0.4, -0.2) is 30.1 Å². The van der Waals surface area contributed by atoms with Crippen LogP contribution in [0.4, 0.5) is 5.13 Å². The number of carbonyl (C=O) groups excluding carboxylic acids is 1. The number of nitrogens with one attached hydrogen (secondary N) is 1. The predicted molar refractivity (Wildman–Crippen MR) is 57.8 cm³/mol. The van der Waals surface area contributed by atoms with Crippen molar-refractivity contribution in [1.29, 1.82) is 0 Å². The van der Waals surface area contributed by atoms with Crippen LogP contribution >= 0.6 is 11.3 Å². The molecule has 0 saturated carbocycles. The van der Waals surface area contributed by atoms with Crippen molar-refractivity contribution in [3.63, 3.8) is 0 Å². The highest BCUT2D eigenvalue weighted by molar-refractivity contribution is 7.13. The molecule has 2 rings (SSSR count). The number of rotatable bonds is 3. The zero-order valence-electron chi connectivity index (χ0n) is 8.23. The SMILES string of the molecule is Nc1nc(C(=O)NCC2CCCO2)cs1. The highest BCUT2D eigenvalue weighted by Gasteiger charge is 2.17. The first-order valence-corrected chi connectivity index (χ1v) is 5.74. The normalized spacial score (nSPS) is 20.4. The number of nitrogens with two attached hydrogens (primary N) is 1. The summed E-state index contributed by atoms with van der Waals surface area (Å²) in [5.41, 5.74) is 5.82. The molecule has 0 bridgehead atoms. The molecule has 82 valence electrons. The predicted octanol–water partition coefficient (Wildman–Crippen LogP) is 0.634. The van der Waals surface area contributed by atoms with E-state index in [9.17, 15) is 4.79 Å². The molecule has 6 heteroatoms. The molecule has 1 unspecified atom stereocenters. The Kier molecular flexibility index (Phi) is 3.17. The zero-order valence-corrected chi connectivity index (χ0v) is 9.05. The molecule has 1 aliphatic heterocycles. The number of ether oxygens (including phenoxy) is 1. The van der Waals surface area contributed by atoms with E-state index in [1.54, 1.807) is 5.38 Å². The Morgan fingerprint density at radius 3 is 3.27 bits per heavy atom. The van der Waals surface area contributed by atoms with Crippen molar-refractivity contribution in [3.8, 4) is 0 Å². The second kappa shape index (κ2) is 4.59. The molecule has 1 fully saturated rings. The van der Waals surface area contributed by atoms with Gasteiger partial charge in [0.2, 0.25) is 0 Å². The lowest BCUT2D eigenvalue weighted by molar-refractivity contribution is 0.0854. The first-order valence-electron chi connectivity index (χ1n) is 4.86. The summed E-state index contributed by atoms with van der Waals surface area (Å²) in [6, 6.07) is 0. The maximum atomic E-state index is 11.5. The fourth-order valence-corrected chi connectivity index (χ4v) is 2.04. The number of amides is 1. The van der Waals surface area contributed by atoms with Gasteiger partial charge in [-0.1, -0.05) is 0 Å². The summed E-state index contributed by atoms with van der Waals surface area (Å²) in [4.78, 5) is 15.4. The molecule has 0 spiro atoms. The maximum absolute atomic E-state index is 11.5. The van der Waals surface area contributed by atoms with Crippen molar-refractivity contribution in [2.75, 3.05) is 18.9 Å². The monoisotopic (exact) mass is 227 g/mol. The summed E-state index contributed by atoms with van der Waals surface area (Å²) in [6.07, 6.45) is 2.24. The molecule has 15 heavy (non-hydrogen) atoms. The number of hydrogen-bond acceptors (Lipinski definition) is 5. The first kappa shape index (κ1) is 10.4. The Bertz CT molecular complexity index is 347. The molecule has 0 aromatic carbocycles. The molecule has 3 N–H and O–H groups in total. The van der Waals surface area contributed by atoms with Gasteiger partial charge < -0.3 is 15.8 Å². The average Bonchev–Trinajstić information content (AvgIpc) is 2.84. The number of nitrogen functional groups attached to an aromatic ring is 1. The van der Waals surface area contributed by atoms with Gasteiger partial charge in [-0.05, 0) is 12.8 Å². The summed E-state index contributed by atoms with van der Waals surface area (Å²) in [5, 5.41) is 4.85. The van der Waals surface area contributed by atoms with Gasteiger partial charge in [0.15, 0.2) is 5.13 Å². The van der Waals surface area contributed by atoms with E-state index in [0.717, 1.165) is 19.4 Å². The summed E-state index contributed by atoms with van der Waals surface area (Å²) in [7, 11) is 0. The van der Waals surface area contributed by atoms with Crippen molar-refractivity contribution in [3.05, 3.63) is 11.1 Å². The summed E-state index contributed by atoms with van der Waals surface area (Å²) in [6.45, 7) is 1.35. The molecule has 0 aliphatic carbocycles. The summed E-state index contributed by atoms with van der Waals surface area (Å²) in [5.74, 6) is -0.182. The smallest absolute Gasteiger partial charge is 0.270 e. The van der Waals surface area contributed by atoms with Gasteiger partial charge in [-0.15, -0.1) is 11.3 Å². The topological polar surface area (TPSA) is 77.2 Å². The average molecular weight is 227 g/mol. The van der Waals surface area contributed by atoms with Crippen molar-refractivity contribution in [2.45, 2.75) is 18.9 Å². The molecule has 2 heterocycles. The lowest BCUT2D eigenvalue weighted by atomic mass is 10.2. The van der Waals surface area contributed by atoms with E-state index in [1.807, 2.05) is 0 Å². The minimum Gasteiger partial charge on any atom is -0.376 e. The van der Waals surface area contributed by atoms with Crippen LogP contribution in [0.15, 0.2) is 5.38 Å². The molecule has 1 aliphatic rings. The quantitative estimate of drug-likeness (QED) is 0.794. The van der Waals surface area contributed by atoms with E-state index in [-0.39, 0.29) is 12.0 Å². The van der Waals surface area contributed by atoms with Crippen LogP contribution < -0.4 is 11.1 Å². The minimum absolute atomic E-state index is 0.157. The van der Waals surface area contributed by atoms with Gasteiger partial charge in [0, 0.05) is 18.5 Å². The molecule has 0 radical (unpaired) electrons. The van der Waals surface area contributed by atoms with E-state index >= 15 is 0 Å². The van der Waals surface area contributed by atoms with Gasteiger partial charge in [-0.3, -0.25) is 4.79 Å². The van der Waals surface area contributed by atoms with Gasteiger partial charge in [0.1, 0.15) is 5.69 Å². The third kappa shape index (κ3) is 2.66. The van der Waals surface area contributed by atoms with Crippen LogP contribution in [0.2, 0.25) is 0 Å². The van der Waals surface area contributed by atoms with E-state index in [4.69, 9.17) is 10.5 Å². The molecule has 5 nitrogen and oxygen atoms in total. The molecule has 1 amide bonds. The maximum Gasteiger partial charge on any atom is 0.270 e.